The Hall–Kier alpha value is -3.92. The lowest BCUT2D eigenvalue weighted by Crippen LogP contribution is -2.48. The normalized spacial score (nSPS) is 14.2. The maximum absolute atomic E-state index is 12.9. The molecule has 162 valence electrons. The maximum atomic E-state index is 12.9. The van der Waals surface area contributed by atoms with Crippen molar-refractivity contribution in [3.63, 3.8) is 0 Å². The van der Waals surface area contributed by atoms with Crippen molar-refractivity contribution in [1.82, 2.24) is 25.0 Å². The molecule has 1 aromatic carbocycles. The van der Waals surface area contributed by atoms with Crippen molar-refractivity contribution in [2.75, 3.05) is 13.1 Å². The number of benzene rings is 1. The highest BCUT2D eigenvalue weighted by atomic mass is 16.2. The van der Waals surface area contributed by atoms with Gasteiger partial charge in [0.05, 0.1) is 11.3 Å². The van der Waals surface area contributed by atoms with E-state index in [1.54, 1.807) is 36.1 Å². The van der Waals surface area contributed by atoms with Gasteiger partial charge in [0.25, 0.3) is 5.91 Å². The number of rotatable bonds is 4. The van der Waals surface area contributed by atoms with Gasteiger partial charge < -0.3 is 10.2 Å². The van der Waals surface area contributed by atoms with E-state index in [0.717, 1.165) is 38.0 Å². The summed E-state index contributed by atoms with van der Waals surface area (Å²) >= 11 is 0. The standard InChI is InChI=1S/C25H25N5O2/c1-19(25(32)29-15-5-2-6-16-29)28-24(31)21-10-12-23(30-17-7-14-27-30)20(18-21)9-11-22-8-3-4-13-26-22/h3-4,7-8,10,12-14,17-19H,2,5-6,15-16H2,1H3,(H,28,31)/t19-/m1/s1. The van der Waals surface area contributed by atoms with Crippen LogP contribution in [0.15, 0.2) is 61.1 Å². The zero-order valence-corrected chi connectivity index (χ0v) is 18.0. The van der Waals surface area contributed by atoms with E-state index >= 15 is 0 Å². The largest absolute Gasteiger partial charge is 0.341 e. The lowest BCUT2D eigenvalue weighted by Gasteiger charge is -2.29. The summed E-state index contributed by atoms with van der Waals surface area (Å²) in [5.74, 6) is 5.80. The van der Waals surface area contributed by atoms with E-state index in [9.17, 15) is 9.59 Å². The third kappa shape index (κ3) is 5.03. The van der Waals surface area contributed by atoms with Crippen LogP contribution in [0, 0.1) is 11.8 Å². The van der Waals surface area contributed by atoms with Crippen LogP contribution in [-0.4, -0.2) is 50.6 Å². The minimum atomic E-state index is -0.588. The van der Waals surface area contributed by atoms with Crippen molar-refractivity contribution in [2.45, 2.75) is 32.2 Å². The highest BCUT2D eigenvalue weighted by Gasteiger charge is 2.24. The van der Waals surface area contributed by atoms with Crippen molar-refractivity contribution < 1.29 is 9.59 Å². The minimum absolute atomic E-state index is 0.0404. The Balaban J connectivity index is 1.57. The molecule has 0 spiro atoms. The number of likely N-dealkylation sites (tertiary alicyclic amines) is 1. The molecule has 7 heteroatoms. The molecular formula is C25H25N5O2. The average molecular weight is 428 g/mol. The van der Waals surface area contributed by atoms with Crippen LogP contribution >= 0.6 is 0 Å². The fraction of sp³-hybridized carbons (Fsp3) is 0.280. The molecule has 2 aromatic heterocycles. The topological polar surface area (TPSA) is 80.1 Å². The number of carbonyl (C=O) groups excluding carboxylic acids is 2. The molecule has 32 heavy (non-hydrogen) atoms. The Labute approximate surface area is 187 Å². The number of carbonyl (C=O) groups is 2. The predicted octanol–water partition coefficient (Wildman–Crippen LogP) is 2.80. The van der Waals surface area contributed by atoms with Crippen molar-refractivity contribution >= 4 is 11.8 Å². The summed E-state index contributed by atoms with van der Waals surface area (Å²) in [5, 5.41) is 7.12. The molecular weight excluding hydrogens is 402 g/mol. The van der Waals surface area contributed by atoms with Crippen LogP contribution < -0.4 is 5.32 Å². The number of pyridine rings is 1. The molecule has 1 N–H and O–H groups in total. The van der Waals surface area contributed by atoms with Gasteiger partial charge in [-0.05, 0) is 68.5 Å². The first-order valence-corrected chi connectivity index (χ1v) is 10.8. The molecule has 0 unspecified atom stereocenters. The van der Waals surface area contributed by atoms with Gasteiger partial charge in [0.15, 0.2) is 0 Å². The van der Waals surface area contributed by atoms with E-state index in [-0.39, 0.29) is 11.8 Å². The molecule has 1 atom stereocenters. The maximum Gasteiger partial charge on any atom is 0.251 e. The summed E-state index contributed by atoms with van der Waals surface area (Å²) < 4.78 is 1.70. The van der Waals surface area contributed by atoms with Crippen LogP contribution in [0.1, 0.15) is 47.8 Å². The quantitative estimate of drug-likeness (QED) is 0.650. The van der Waals surface area contributed by atoms with Crippen LogP contribution in [0.2, 0.25) is 0 Å². The second-order valence-corrected chi connectivity index (χ2v) is 7.73. The number of nitrogens with one attached hydrogen (secondary N) is 1. The van der Waals surface area contributed by atoms with E-state index in [2.05, 4.69) is 27.2 Å². The van der Waals surface area contributed by atoms with Crippen molar-refractivity contribution in [3.8, 4) is 17.5 Å². The van der Waals surface area contributed by atoms with E-state index < -0.39 is 6.04 Å². The number of nitrogens with zero attached hydrogens (tertiary/aromatic N) is 4. The second kappa shape index (κ2) is 9.92. The molecule has 1 fully saturated rings. The molecule has 3 heterocycles. The SMILES string of the molecule is C[C@@H](NC(=O)c1ccc(-n2cccn2)c(C#Cc2ccccn2)c1)C(=O)N1CCCCC1. The van der Waals surface area contributed by atoms with Gasteiger partial charge in [0.1, 0.15) is 11.7 Å². The second-order valence-electron chi connectivity index (χ2n) is 7.73. The van der Waals surface area contributed by atoms with Crippen molar-refractivity contribution in [2.24, 2.45) is 0 Å². The smallest absolute Gasteiger partial charge is 0.251 e. The van der Waals surface area contributed by atoms with Gasteiger partial charge in [-0.3, -0.25) is 9.59 Å². The Morgan fingerprint density at radius 3 is 2.59 bits per heavy atom. The van der Waals surface area contributed by atoms with Crippen LogP contribution in [0.4, 0.5) is 0 Å². The van der Waals surface area contributed by atoms with E-state index in [0.29, 0.717) is 16.8 Å². The molecule has 0 saturated carbocycles. The summed E-state index contributed by atoms with van der Waals surface area (Å²) in [6, 6.07) is 12.0. The average Bonchev–Trinajstić information content (AvgIpc) is 3.38. The molecule has 7 nitrogen and oxygen atoms in total. The van der Waals surface area contributed by atoms with Crippen LogP contribution in [0.5, 0.6) is 0 Å². The third-order valence-electron chi connectivity index (χ3n) is 5.39. The van der Waals surface area contributed by atoms with Crippen LogP contribution in [0.3, 0.4) is 0 Å². The number of piperidine rings is 1. The molecule has 0 radical (unpaired) electrons. The highest BCUT2D eigenvalue weighted by molar-refractivity contribution is 5.98. The van der Waals surface area contributed by atoms with Gasteiger partial charge >= 0.3 is 0 Å². The summed E-state index contributed by atoms with van der Waals surface area (Å²) in [7, 11) is 0. The molecule has 1 aliphatic rings. The van der Waals surface area contributed by atoms with Gasteiger partial charge in [-0.1, -0.05) is 12.0 Å². The van der Waals surface area contributed by atoms with Crippen molar-refractivity contribution in [3.05, 3.63) is 77.9 Å². The first-order chi connectivity index (χ1) is 15.6. The van der Waals surface area contributed by atoms with Gasteiger partial charge in [-0.2, -0.15) is 5.10 Å². The fourth-order valence-electron chi connectivity index (χ4n) is 3.69. The van der Waals surface area contributed by atoms with Crippen LogP contribution in [0.25, 0.3) is 5.69 Å². The monoisotopic (exact) mass is 427 g/mol. The van der Waals surface area contributed by atoms with E-state index in [4.69, 9.17) is 0 Å². The Bertz CT molecular complexity index is 1140. The van der Waals surface area contributed by atoms with E-state index in [1.165, 1.54) is 0 Å². The Morgan fingerprint density at radius 2 is 1.88 bits per heavy atom. The molecule has 0 bridgehead atoms. The molecule has 3 aromatic rings. The Morgan fingerprint density at radius 1 is 1.03 bits per heavy atom. The summed E-state index contributed by atoms with van der Waals surface area (Å²) in [4.78, 5) is 31.6. The van der Waals surface area contributed by atoms with E-state index in [1.807, 2.05) is 41.4 Å². The predicted molar refractivity (Wildman–Crippen MR) is 121 cm³/mol. The molecule has 1 saturated heterocycles. The number of hydrogen-bond donors (Lipinski definition) is 1. The van der Waals surface area contributed by atoms with Gasteiger partial charge in [0, 0.05) is 37.2 Å². The van der Waals surface area contributed by atoms with Gasteiger partial charge in [-0.15, -0.1) is 0 Å². The first-order valence-electron chi connectivity index (χ1n) is 10.8. The number of hydrogen-bond acceptors (Lipinski definition) is 4. The van der Waals surface area contributed by atoms with Crippen molar-refractivity contribution in [1.29, 1.82) is 0 Å². The zero-order valence-electron chi connectivity index (χ0n) is 18.0. The summed E-state index contributed by atoms with van der Waals surface area (Å²) in [6.45, 7) is 3.24. The lowest BCUT2D eigenvalue weighted by atomic mass is 10.1. The Kier molecular flexibility index (Phi) is 6.61. The first kappa shape index (κ1) is 21.3. The minimum Gasteiger partial charge on any atom is -0.341 e. The number of aromatic nitrogens is 3. The lowest BCUT2D eigenvalue weighted by molar-refractivity contribution is -0.133. The molecule has 1 aliphatic heterocycles. The number of amides is 2. The third-order valence-corrected chi connectivity index (χ3v) is 5.39. The fourth-order valence-corrected chi connectivity index (χ4v) is 3.69. The van der Waals surface area contributed by atoms with Gasteiger partial charge in [0.2, 0.25) is 5.91 Å². The summed E-state index contributed by atoms with van der Waals surface area (Å²) in [6.07, 6.45) is 8.36. The zero-order chi connectivity index (χ0) is 22.3. The van der Waals surface area contributed by atoms with Gasteiger partial charge in [-0.25, -0.2) is 9.67 Å². The summed E-state index contributed by atoms with van der Waals surface area (Å²) in [5.41, 5.74) is 2.47. The molecule has 4 rings (SSSR count). The highest BCUT2D eigenvalue weighted by Crippen LogP contribution is 2.16. The molecule has 0 aliphatic carbocycles. The van der Waals surface area contributed by atoms with Crippen LogP contribution in [-0.2, 0) is 4.79 Å². The molecule has 2 amide bonds.